The van der Waals surface area contributed by atoms with Gasteiger partial charge in [-0.1, -0.05) is 6.92 Å². The van der Waals surface area contributed by atoms with Gasteiger partial charge in [-0.25, -0.2) is 0 Å². The Bertz CT molecular complexity index is 104. The van der Waals surface area contributed by atoms with Crippen LogP contribution in [0.5, 0.6) is 0 Å². The van der Waals surface area contributed by atoms with Crippen molar-refractivity contribution in [2.75, 3.05) is 33.2 Å². The van der Waals surface area contributed by atoms with Crippen molar-refractivity contribution < 1.29 is 0 Å². The van der Waals surface area contributed by atoms with Crippen molar-refractivity contribution >= 4 is 0 Å². The second kappa shape index (κ2) is 4.73. The monoisotopic (exact) mass is 156 g/mol. The highest BCUT2D eigenvalue weighted by Crippen LogP contribution is 2.16. The number of likely N-dealkylation sites (tertiary alicyclic amines) is 1. The molecule has 2 nitrogen and oxygen atoms in total. The van der Waals surface area contributed by atoms with E-state index in [0.717, 1.165) is 12.5 Å². The van der Waals surface area contributed by atoms with Crippen molar-refractivity contribution in [1.82, 2.24) is 10.2 Å². The quantitative estimate of drug-likeness (QED) is 0.609. The molecule has 0 spiro atoms. The predicted molar refractivity (Wildman–Crippen MR) is 48.8 cm³/mol. The Hall–Kier alpha value is -0.0800. The van der Waals surface area contributed by atoms with Crippen molar-refractivity contribution in [3.63, 3.8) is 0 Å². The van der Waals surface area contributed by atoms with Gasteiger partial charge in [0, 0.05) is 6.54 Å². The highest BCUT2D eigenvalue weighted by molar-refractivity contribution is 4.73. The Kier molecular flexibility index (Phi) is 3.87. The van der Waals surface area contributed by atoms with Crippen LogP contribution in [-0.2, 0) is 0 Å². The minimum Gasteiger partial charge on any atom is -0.317 e. The minimum absolute atomic E-state index is 0.957. The van der Waals surface area contributed by atoms with Crippen LogP contribution in [0.25, 0.3) is 0 Å². The number of nitrogens with zero attached hydrogens (tertiary/aromatic N) is 1. The van der Waals surface area contributed by atoms with E-state index in [1.807, 2.05) is 0 Å². The molecule has 1 rings (SSSR count). The molecule has 11 heavy (non-hydrogen) atoms. The second-order valence-corrected chi connectivity index (χ2v) is 3.56. The van der Waals surface area contributed by atoms with E-state index in [1.165, 1.54) is 32.5 Å². The zero-order valence-electron chi connectivity index (χ0n) is 7.77. The van der Waals surface area contributed by atoms with E-state index in [9.17, 15) is 0 Å². The van der Waals surface area contributed by atoms with Crippen molar-refractivity contribution in [2.45, 2.75) is 19.8 Å². The van der Waals surface area contributed by atoms with E-state index >= 15 is 0 Å². The van der Waals surface area contributed by atoms with Crippen LogP contribution in [0, 0.1) is 5.92 Å². The first-order valence-corrected chi connectivity index (χ1v) is 4.72. The van der Waals surface area contributed by atoms with Crippen LogP contribution < -0.4 is 5.32 Å². The van der Waals surface area contributed by atoms with E-state index in [2.05, 4.69) is 24.2 Å². The van der Waals surface area contributed by atoms with Gasteiger partial charge in [-0.05, 0) is 45.4 Å². The molecule has 1 saturated heterocycles. The third-order valence-corrected chi connectivity index (χ3v) is 2.47. The molecular weight excluding hydrogens is 136 g/mol. The maximum absolute atomic E-state index is 3.37. The standard InChI is InChI=1S/C9H20N2/c1-3-10-6-4-9-5-7-11(2)8-9/h9-10H,3-8H2,1-2H3. The van der Waals surface area contributed by atoms with Gasteiger partial charge in [0.1, 0.15) is 0 Å². The van der Waals surface area contributed by atoms with Gasteiger partial charge in [0.05, 0.1) is 0 Å². The third-order valence-electron chi connectivity index (χ3n) is 2.47. The summed E-state index contributed by atoms with van der Waals surface area (Å²) in [6.07, 6.45) is 2.76. The number of nitrogens with one attached hydrogen (secondary N) is 1. The third kappa shape index (κ3) is 3.21. The van der Waals surface area contributed by atoms with Crippen LogP contribution in [0.15, 0.2) is 0 Å². The molecule has 1 heterocycles. The van der Waals surface area contributed by atoms with Gasteiger partial charge in [-0.15, -0.1) is 0 Å². The van der Waals surface area contributed by atoms with E-state index in [0.29, 0.717) is 0 Å². The fourth-order valence-corrected chi connectivity index (χ4v) is 1.74. The normalized spacial score (nSPS) is 26.2. The van der Waals surface area contributed by atoms with Gasteiger partial charge in [0.2, 0.25) is 0 Å². The average molecular weight is 156 g/mol. The Morgan fingerprint density at radius 3 is 2.91 bits per heavy atom. The Morgan fingerprint density at radius 2 is 2.36 bits per heavy atom. The summed E-state index contributed by atoms with van der Waals surface area (Å²) in [4.78, 5) is 2.43. The van der Waals surface area contributed by atoms with Crippen molar-refractivity contribution in [2.24, 2.45) is 5.92 Å². The van der Waals surface area contributed by atoms with Gasteiger partial charge in [0.15, 0.2) is 0 Å². The molecule has 1 fully saturated rings. The fourth-order valence-electron chi connectivity index (χ4n) is 1.74. The lowest BCUT2D eigenvalue weighted by Gasteiger charge is -2.09. The molecule has 1 unspecified atom stereocenters. The predicted octanol–water partition coefficient (Wildman–Crippen LogP) is 0.938. The first kappa shape index (κ1) is 9.01. The zero-order valence-corrected chi connectivity index (χ0v) is 7.77. The van der Waals surface area contributed by atoms with Gasteiger partial charge in [0.25, 0.3) is 0 Å². The van der Waals surface area contributed by atoms with Gasteiger partial charge in [-0.3, -0.25) is 0 Å². The van der Waals surface area contributed by atoms with E-state index in [-0.39, 0.29) is 0 Å². The molecule has 0 aliphatic carbocycles. The number of hydrogen-bond acceptors (Lipinski definition) is 2. The lowest BCUT2D eigenvalue weighted by atomic mass is 10.1. The fraction of sp³-hybridized carbons (Fsp3) is 1.00. The summed E-state index contributed by atoms with van der Waals surface area (Å²) in [5, 5.41) is 3.37. The molecule has 0 bridgehead atoms. The van der Waals surface area contributed by atoms with Gasteiger partial charge >= 0.3 is 0 Å². The summed E-state index contributed by atoms with van der Waals surface area (Å²) in [5.74, 6) is 0.957. The molecule has 66 valence electrons. The van der Waals surface area contributed by atoms with E-state index < -0.39 is 0 Å². The van der Waals surface area contributed by atoms with Gasteiger partial charge < -0.3 is 10.2 Å². The summed E-state index contributed by atoms with van der Waals surface area (Å²) in [6.45, 7) is 7.10. The molecule has 0 radical (unpaired) electrons. The summed E-state index contributed by atoms with van der Waals surface area (Å²) < 4.78 is 0. The first-order valence-electron chi connectivity index (χ1n) is 4.72. The lowest BCUT2D eigenvalue weighted by molar-refractivity contribution is 0.385. The average Bonchev–Trinajstić information content (AvgIpc) is 2.37. The first-order chi connectivity index (χ1) is 5.33. The smallest absolute Gasteiger partial charge is 0.000756 e. The summed E-state index contributed by atoms with van der Waals surface area (Å²) in [5.41, 5.74) is 0. The van der Waals surface area contributed by atoms with Crippen LogP contribution in [0.2, 0.25) is 0 Å². The van der Waals surface area contributed by atoms with Crippen LogP contribution in [0.4, 0.5) is 0 Å². The number of rotatable bonds is 4. The minimum atomic E-state index is 0.957. The largest absolute Gasteiger partial charge is 0.317 e. The molecule has 1 aliphatic heterocycles. The van der Waals surface area contributed by atoms with Crippen LogP contribution in [0.1, 0.15) is 19.8 Å². The molecule has 2 heteroatoms. The van der Waals surface area contributed by atoms with Gasteiger partial charge in [-0.2, -0.15) is 0 Å². The lowest BCUT2D eigenvalue weighted by Crippen LogP contribution is -2.19. The number of hydrogen-bond donors (Lipinski definition) is 1. The zero-order chi connectivity index (χ0) is 8.10. The molecule has 1 N–H and O–H groups in total. The Morgan fingerprint density at radius 1 is 1.55 bits per heavy atom. The van der Waals surface area contributed by atoms with Crippen LogP contribution in [-0.4, -0.2) is 38.1 Å². The summed E-state index contributed by atoms with van der Waals surface area (Å²) in [7, 11) is 2.22. The molecule has 0 saturated carbocycles. The highest BCUT2D eigenvalue weighted by atomic mass is 15.1. The van der Waals surface area contributed by atoms with Crippen LogP contribution >= 0.6 is 0 Å². The molecule has 0 amide bonds. The molecular formula is C9H20N2. The van der Waals surface area contributed by atoms with Crippen molar-refractivity contribution in [3.8, 4) is 0 Å². The molecule has 0 aromatic rings. The second-order valence-electron chi connectivity index (χ2n) is 3.56. The van der Waals surface area contributed by atoms with E-state index in [4.69, 9.17) is 0 Å². The maximum atomic E-state index is 3.37. The topological polar surface area (TPSA) is 15.3 Å². The van der Waals surface area contributed by atoms with E-state index in [1.54, 1.807) is 0 Å². The maximum Gasteiger partial charge on any atom is 0.000756 e. The molecule has 1 atom stereocenters. The van der Waals surface area contributed by atoms with Crippen LogP contribution in [0.3, 0.4) is 0 Å². The molecule has 0 aromatic carbocycles. The highest BCUT2D eigenvalue weighted by Gasteiger charge is 2.18. The summed E-state index contributed by atoms with van der Waals surface area (Å²) >= 11 is 0. The van der Waals surface area contributed by atoms with Crippen molar-refractivity contribution in [3.05, 3.63) is 0 Å². The SMILES string of the molecule is CCNCCC1CCN(C)C1. The Labute approximate surface area is 70.0 Å². The molecule has 1 aliphatic rings. The molecule has 0 aromatic heterocycles. The van der Waals surface area contributed by atoms with Crippen molar-refractivity contribution in [1.29, 1.82) is 0 Å². The summed E-state index contributed by atoms with van der Waals surface area (Å²) in [6, 6.07) is 0. The Balaban J connectivity index is 1.99.